The van der Waals surface area contributed by atoms with Gasteiger partial charge in [0.2, 0.25) is 0 Å². The molecule has 0 bridgehead atoms. The summed E-state index contributed by atoms with van der Waals surface area (Å²) < 4.78 is 10.4. The quantitative estimate of drug-likeness (QED) is 0.389. The van der Waals surface area contributed by atoms with E-state index in [1.54, 1.807) is 13.2 Å². The van der Waals surface area contributed by atoms with Crippen LogP contribution < -0.4 is 15.2 Å². The van der Waals surface area contributed by atoms with Crippen molar-refractivity contribution < 1.29 is 14.3 Å². The lowest BCUT2D eigenvalue weighted by Gasteiger charge is -2.12. The van der Waals surface area contributed by atoms with Crippen LogP contribution in [0.5, 0.6) is 11.5 Å². The van der Waals surface area contributed by atoms with Crippen LogP contribution in [0.2, 0.25) is 0 Å². The molecule has 0 atom stereocenters. The monoisotopic (exact) mass is 243 g/mol. The predicted octanol–water partition coefficient (Wildman–Crippen LogP) is 2.52. The molecule has 0 heterocycles. The minimum Gasteiger partial charge on any atom is -0.496 e. The summed E-state index contributed by atoms with van der Waals surface area (Å²) in [5, 5.41) is 1.56. The number of esters is 1. The molecule has 2 N–H and O–H groups in total. The summed E-state index contributed by atoms with van der Waals surface area (Å²) in [6, 6.07) is 9.04. The summed E-state index contributed by atoms with van der Waals surface area (Å²) >= 11 is 0. The third-order valence-corrected chi connectivity index (χ3v) is 2.58. The normalized spacial score (nSPS) is 10.1. The van der Waals surface area contributed by atoms with E-state index in [9.17, 15) is 4.79 Å². The number of hydrogen-bond donors (Lipinski definition) is 1. The third-order valence-electron chi connectivity index (χ3n) is 2.58. The number of rotatable bonds is 3. The second-order valence-corrected chi connectivity index (χ2v) is 3.67. The molecule has 4 nitrogen and oxygen atoms in total. The highest BCUT2D eigenvalue weighted by Gasteiger charge is 2.13. The van der Waals surface area contributed by atoms with Crippen LogP contribution >= 0.6 is 0 Å². The number of nitrogen functional groups attached to an aromatic ring is 1. The second-order valence-electron chi connectivity index (χ2n) is 3.67. The molecule has 0 fully saturated rings. The van der Waals surface area contributed by atoms with Gasteiger partial charge in [-0.05, 0) is 0 Å². The number of methoxy groups -OCH3 is 1. The second kappa shape index (κ2) is 4.79. The maximum absolute atomic E-state index is 11.3. The third kappa shape index (κ3) is 2.00. The fraction of sp³-hybridized carbons (Fsp3) is 0.0714. The molecule has 0 aliphatic heterocycles. The molecule has 0 spiro atoms. The van der Waals surface area contributed by atoms with E-state index >= 15 is 0 Å². The largest absolute Gasteiger partial charge is 0.496 e. The fourth-order valence-electron chi connectivity index (χ4n) is 1.76. The van der Waals surface area contributed by atoms with E-state index in [-0.39, 0.29) is 0 Å². The lowest BCUT2D eigenvalue weighted by atomic mass is 10.1. The van der Waals surface area contributed by atoms with Gasteiger partial charge in [-0.15, -0.1) is 0 Å². The molecule has 0 radical (unpaired) electrons. The minimum absolute atomic E-state index is 0.330. The standard InChI is InChI=1S/C14H13NO3/c1-3-13(16)18-14-10-7-5-4-6-9(10)12(17-2)8-11(14)15/h3-8H,1,15H2,2H3. The molecule has 2 aromatic rings. The highest BCUT2D eigenvalue weighted by Crippen LogP contribution is 2.38. The molecule has 4 heteroatoms. The summed E-state index contributed by atoms with van der Waals surface area (Å²) in [7, 11) is 1.57. The number of hydrogen-bond acceptors (Lipinski definition) is 4. The number of ether oxygens (including phenoxy) is 2. The lowest BCUT2D eigenvalue weighted by Crippen LogP contribution is -2.06. The number of anilines is 1. The Labute approximate surface area is 105 Å². The molecule has 18 heavy (non-hydrogen) atoms. The Kier molecular flexibility index (Phi) is 3.19. The highest BCUT2D eigenvalue weighted by atomic mass is 16.5. The summed E-state index contributed by atoms with van der Waals surface area (Å²) in [4.78, 5) is 11.3. The van der Waals surface area contributed by atoms with Gasteiger partial charge in [0.15, 0.2) is 5.75 Å². The van der Waals surface area contributed by atoms with Gasteiger partial charge in [-0.25, -0.2) is 4.79 Å². The zero-order valence-electron chi connectivity index (χ0n) is 9.97. The van der Waals surface area contributed by atoms with Crippen molar-refractivity contribution in [2.75, 3.05) is 12.8 Å². The Morgan fingerprint density at radius 3 is 2.61 bits per heavy atom. The van der Waals surface area contributed by atoms with Crippen LogP contribution in [0.25, 0.3) is 10.8 Å². The van der Waals surface area contributed by atoms with Gasteiger partial charge in [-0.2, -0.15) is 0 Å². The van der Waals surface area contributed by atoms with E-state index in [1.165, 1.54) is 0 Å². The highest BCUT2D eigenvalue weighted by molar-refractivity contribution is 5.99. The minimum atomic E-state index is -0.544. The van der Waals surface area contributed by atoms with Gasteiger partial charge >= 0.3 is 5.97 Å². The Bertz CT molecular complexity index is 620. The maximum atomic E-state index is 11.3. The summed E-state index contributed by atoms with van der Waals surface area (Å²) in [6.45, 7) is 3.36. The van der Waals surface area contributed by atoms with Gasteiger partial charge in [0.25, 0.3) is 0 Å². The molecule has 0 unspecified atom stereocenters. The first-order valence-electron chi connectivity index (χ1n) is 5.37. The van der Waals surface area contributed by atoms with Crippen molar-refractivity contribution in [2.24, 2.45) is 0 Å². The van der Waals surface area contributed by atoms with Crippen LogP contribution in [0.15, 0.2) is 43.0 Å². The Balaban J connectivity index is 2.69. The van der Waals surface area contributed by atoms with Crippen molar-refractivity contribution in [3.8, 4) is 11.5 Å². The summed E-state index contributed by atoms with van der Waals surface area (Å²) in [6.07, 6.45) is 1.10. The zero-order valence-corrected chi connectivity index (χ0v) is 9.97. The van der Waals surface area contributed by atoms with Crippen molar-refractivity contribution in [1.29, 1.82) is 0 Å². The molecule has 92 valence electrons. The van der Waals surface area contributed by atoms with Crippen LogP contribution in [-0.4, -0.2) is 13.1 Å². The Morgan fingerprint density at radius 2 is 2.00 bits per heavy atom. The van der Waals surface area contributed by atoms with Crippen LogP contribution in [0, 0.1) is 0 Å². The van der Waals surface area contributed by atoms with Gasteiger partial charge in [0, 0.05) is 22.9 Å². The Morgan fingerprint density at radius 1 is 1.33 bits per heavy atom. The van der Waals surface area contributed by atoms with Crippen molar-refractivity contribution in [3.63, 3.8) is 0 Å². The number of nitrogens with two attached hydrogens (primary N) is 1. The molecule has 0 aliphatic carbocycles. The molecule has 0 saturated heterocycles. The molecule has 2 rings (SSSR count). The average Bonchev–Trinajstić information content (AvgIpc) is 2.41. The van der Waals surface area contributed by atoms with Crippen molar-refractivity contribution in [1.82, 2.24) is 0 Å². The van der Waals surface area contributed by atoms with Crippen molar-refractivity contribution in [3.05, 3.63) is 43.0 Å². The van der Waals surface area contributed by atoms with Crippen molar-refractivity contribution in [2.45, 2.75) is 0 Å². The van der Waals surface area contributed by atoms with Crippen molar-refractivity contribution >= 4 is 22.4 Å². The topological polar surface area (TPSA) is 61.5 Å². The first kappa shape index (κ1) is 12.0. The van der Waals surface area contributed by atoms with Gasteiger partial charge in [-0.1, -0.05) is 30.8 Å². The number of carbonyl (C=O) groups excluding carboxylic acids is 1. The molecular weight excluding hydrogens is 230 g/mol. The van der Waals surface area contributed by atoms with E-state index < -0.39 is 5.97 Å². The van der Waals surface area contributed by atoms with Gasteiger partial charge in [0.1, 0.15) is 5.75 Å². The van der Waals surface area contributed by atoms with Gasteiger partial charge < -0.3 is 15.2 Å². The van der Waals surface area contributed by atoms with E-state index in [2.05, 4.69) is 6.58 Å². The number of carbonyl (C=O) groups is 1. The lowest BCUT2D eigenvalue weighted by molar-refractivity contribution is -0.128. The molecule has 2 aromatic carbocycles. The fourth-order valence-corrected chi connectivity index (χ4v) is 1.76. The molecule has 0 amide bonds. The zero-order chi connectivity index (χ0) is 13.1. The summed E-state index contributed by atoms with van der Waals surface area (Å²) in [5.41, 5.74) is 6.22. The number of fused-ring (bicyclic) bond motifs is 1. The molecule has 0 saturated carbocycles. The smallest absolute Gasteiger partial charge is 0.335 e. The predicted molar refractivity (Wildman–Crippen MR) is 70.7 cm³/mol. The van der Waals surface area contributed by atoms with E-state index in [0.29, 0.717) is 17.2 Å². The van der Waals surface area contributed by atoms with Crippen LogP contribution in [0.3, 0.4) is 0 Å². The number of benzene rings is 2. The SMILES string of the molecule is C=CC(=O)Oc1c(N)cc(OC)c2ccccc12. The molecule has 0 aromatic heterocycles. The summed E-state index contributed by atoms with van der Waals surface area (Å²) in [5.74, 6) is 0.426. The molecule has 0 aliphatic rings. The van der Waals surface area contributed by atoms with Crippen LogP contribution in [0.1, 0.15) is 0 Å². The average molecular weight is 243 g/mol. The maximum Gasteiger partial charge on any atom is 0.335 e. The first-order valence-corrected chi connectivity index (χ1v) is 5.37. The van der Waals surface area contributed by atoms with Gasteiger partial charge in [-0.3, -0.25) is 0 Å². The van der Waals surface area contributed by atoms with Crippen LogP contribution in [-0.2, 0) is 4.79 Å². The van der Waals surface area contributed by atoms with E-state index in [1.807, 2.05) is 24.3 Å². The van der Waals surface area contributed by atoms with Gasteiger partial charge in [0.05, 0.1) is 12.8 Å². The van der Waals surface area contributed by atoms with E-state index in [4.69, 9.17) is 15.2 Å². The van der Waals surface area contributed by atoms with Crippen LogP contribution in [0.4, 0.5) is 5.69 Å². The Hall–Kier alpha value is -2.49. The molecular formula is C14H13NO3. The first-order chi connectivity index (χ1) is 8.67. The van der Waals surface area contributed by atoms with E-state index in [0.717, 1.165) is 16.8 Å².